The zero-order valence-electron chi connectivity index (χ0n) is 16.1. The Morgan fingerprint density at radius 3 is 2.59 bits per heavy atom. The second-order valence-electron chi connectivity index (χ2n) is 7.00. The van der Waals surface area contributed by atoms with Crippen molar-refractivity contribution in [2.75, 3.05) is 26.2 Å². The third-order valence-corrected chi connectivity index (χ3v) is 4.89. The van der Waals surface area contributed by atoms with Crippen LogP contribution in [0, 0.1) is 10.1 Å². The van der Waals surface area contributed by atoms with Gasteiger partial charge in [0.15, 0.2) is 0 Å². The van der Waals surface area contributed by atoms with E-state index in [2.05, 4.69) is 15.6 Å². The average molecular weight is 399 g/mol. The van der Waals surface area contributed by atoms with Crippen molar-refractivity contribution in [1.29, 1.82) is 0 Å². The van der Waals surface area contributed by atoms with Gasteiger partial charge in [0.2, 0.25) is 0 Å². The van der Waals surface area contributed by atoms with Gasteiger partial charge in [-0.3, -0.25) is 24.8 Å². The second-order valence-corrected chi connectivity index (χ2v) is 7.00. The molecule has 3 rings (SSSR count). The minimum Gasteiger partial charge on any atom is -0.480 e. The van der Waals surface area contributed by atoms with Crippen molar-refractivity contribution < 1.29 is 14.8 Å². The summed E-state index contributed by atoms with van der Waals surface area (Å²) in [4.78, 5) is 29.0. The van der Waals surface area contributed by atoms with Gasteiger partial charge in [-0.15, -0.1) is 0 Å². The molecule has 2 aromatic rings. The van der Waals surface area contributed by atoms with E-state index in [1.54, 1.807) is 12.1 Å². The van der Waals surface area contributed by atoms with Crippen LogP contribution in [0.1, 0.15) is 17.0 Å². The van der Waals surface area contributed by atoms with Crippen LogP contribution in [-0.4, -0.2) is 58.1 Å². The molecule has 1 atom stereocenters. The van der Waals surface area contributed by atoms with E-state index in [1.165, 1.54) is 12.1 Å². The summed E-state index contributed by atoms with van der Waals surface area (Å²) >= 11 is 0. The molecule has 0 saturated heterocycles. The van der Waals surface area contributed by atoms with Crippen LogP contribution in [0.25, 0.3) is 0 Å². The Morgan fingerprint density at radius 1 is 1.14 bits per heavy atom. The minimum atomic E-state index is -0.923. The number of rotatable bonds is 5. The quantitative estimate of drug-likeness (QED) is 0.506. The van der Waals surface area contributed by atoms with Crippen LogP contribution in [0.4, 0.5) is 5.69 Å². The maximum atomic E-state index is 12.1. The van der Waals surface area contributed by atoms with Crippen LogP contribution >= 0.6 is 0 Å². The van der Waals surface area contributed by atoms with Gasteiger partial charge in [-0.25, -0.2) is 0 Å². The lowest BCUT2D eigenvalue weighted by atomic mass is 10.0. The van der Waals surface area contributed by atoms with Crippen molar-refractivity contribution in [3.63, 3.8) is 0 Å². The Kier molecular flexibility index (Phi) is 7.23. The number of carbonyl (C=O) groups is 1. The number of benzene rings is 1. The molecule has 0 fully saturated rings. The predicted molar refractivity (Wildman–Crippen MR) is 107 cm³/mol. The first kappa shape index (κ1) is 20.8. The number of aromatic nitrogens is 1. The van der Waals surface area contributed by atoms with Crippen molar-refractivity contribution in [2.45, 2.75) is 25.6 Å². The normalized spacial score (nSPS) is 17.0. The van der Waals surface area contributed by atoms with Gasteiger partial charge in [0.25, 0.3) is 5.69 Å². The molecule has 0 aliphatic carbocycles. The average Bonchev–Trinajstić information content (AvgIpc) is 2.70. The number of carboxylic acids is 1. The Bertz CT molecular complexity index is 843. The Balaban J connectivity index is 1.81. The smallest absolute Gasteiger partial charge is 0.321 e. The van der Waals surface area contributed by atoms with Crippen molar-refractivity contribution in [1.82, 2.24) is 20.5 Å². The predicted octanol–water partition coefficient (Wildman–Crippen LogP) is 1.18. The van der Waals surface area contributed by atoms with E-state index in [0.717, 1.165) is 30.0 Å². The molecule has 2 heterocycles. The highest BCUT2D eigenvalue weighted by Crippen LogP contribution is 2.17. The van der Waals surface area contributed by atoms with Crippen LogP contribution in [0.5, 0.6) is 0 Å². The third kappa shape index (κ3) is 6.05. The lowest BCUT2D eigenvalue weighted by molar-refractivity contribution is -0.384. The van der Waals surface area contributed by atoms with E-state index in [4.69, 9.17) is 0 Å². The van der Waals surface area contributed by atoms with Crippen LogP contribution in [-0.2, 0) is 24.3 Å². The van der Waals surface area contributed by atoms with Gasteiger partial charge in [-0.05, 0) is 24.1 Å². The molecule has 29 heavy (non-hydrogen) atoms. The number of nitrogens with one attached hydrogen (secondary N) is 2. The van der Waals surface area contributed by atoms with Crippen molar-refractivity contribution in [3.8, 4) is 0 Å². The molecule has 0 saturated carbocycles. The number of pyridine rings is 1. The van der Waals surface area contributed by atoms with E-state index < -0.39 is 16.9 Å². The summed E-state index contributed by atoms with van der Waals surface area (Å²) in [5.41, 5.74) is 2.48. The Labute approximate surface area is 168 Å². The fourth-order valence-corrected chi connectivity index (χ4v) is 3.36. The summed E-state index contributed by atoms with van der Waals surface area (Å²) in [6.45, 7) is 3.88. The third-order valence-electron chi connectivity index (χ3n) is 4.89. The number of hydrogen-bond acceptors (Lipinski definition) is 7. The number of fused-ring (bicyclic) bond motifs is 2. The van der Waals surface area contributed by atoms with E-state index in [9.17, 15) is 20.0 Å². The summed E-state index contributed by atoms with van der Waals surface area (Å²) in [6, 6.07) is 11.1. The lowest BCUT2D eigenvalue weighted by Gasteiger charge is -2.29. The number of carboxylic acid groups (broad SMARTS) is 1. The van der Waals surface area contributed by atoms with Gasteiger partial charge in [0, 0.05) is 51.4 Å². The highest BCUT2D eigenvalue weighted by molar-refractivity contribution is 5.74. The van der Waals surface area contributed by atoms with E-state index >= 15 is 0 Å². The molecule has 154 valence electrons. The van der Waals surface area contributed by atoms with Gasteiger partial charge in [0.1, 0.15) is 6.04 Å². The number of aliphatic carboxylic acids is 1. The van der Waals surface area contributed by atoms with Crippen LogP contribution in [0.15, 0.2) is 42.5 Å². The molecule has 9 nitrogen and oxygen atoms in total. The molecule has 2 bridgehead atoms. The molecule has 0 amide bonds. The topological polar surface area (TPSA) is 121 Å². The minimum absolute atomic E-state index is 0.00855. The first-order chi connectivity index (χ1) is 14.0. The number of hydrogen-bond donors (Lipinski definition) is 3. The molecular weight excluding hydrogens is 374 g/mol. The van der Waals surface area contributed by atoms with E-state index in [1.807, 2.05) is 23.1 Å². The van der Waals surface area contributed by atoms with Crippen LogP contribution in [0.3, 0.4) is 0 Å². The Morgan fingerprint density at radius 2 is 1.86 bits per heavy atom. The van der Waals surface area contributed by atoms with Crippen LogP contribution in [0.2, 0.25) is 0 Å². The van der Waals surface area contributed by atoms with Gasteiger partial charge in [-0.2, -0.15) is 0 Å². The fourth-order valence-electron chi connectivity index (χ4n) is 3.36. The van der Waals surface area contributed by atoms with Gasteiger partial charge in [0.05, 0.1) is 16.3 Å². The number of nitrogens with zero attached hydrogens (tertiary/aromatic N) is 3. The van der Waals surface area contributed by atoms with E-state index in [0.29, 0.717) is 26.2 Å². The van der Waals surface area contributed by atoms with E-state index in [-0.39, 0.29) is 12.1 Å². The molecule has 0 spiro atoms. The number of nitro benzene ring substituents is 1. The largest absolute Gasteiger partial charge is 0.480 e. The zero-order valence-corrected chi connectivity index (χ0v) is 16.1. The van der Waals surface area contributed by atoms with Crippen molar-refractivity contribution >= 4 is 11.7 Å². The Hall–Kier alpha value is -2.88. The maximum absolute atomic E-state index is 12.1. The first-order valence-electron chi connectivity index (χ1n) is 9.59. The summed E-state index contributed by atoms with van der Waals surface area (Å²) in [6.07, 6.45) is 0.259. The molecule has 1 aliphatic heterocycles. The molecule has 1 aliphatic rings. The molecule has 0 radical (unpaired) electrons. The summed E-state index contributed by atoms with van der Waals surface area (Å²) in [7, 11) is 0. The highest BCUT2D eigenvalue weighted by Gasteiger charge is 2.26. The molecule has 9 heteroatoms. The zero-order chi connectivity index (χ0) is 20.6. The highest BCUT2D eigenvalue weighted by atomic mass is 16.6. The van der Waals surface area contributed by atoms with Crippen LogP contribution < -0.4 is 10.6 Å². The first-order valence-corrected chi connectivity index (χ1v) is 9.59. The van der Waals surface area contributed by atoms with Crippen molar-refractivity contribution in [3.05, 3.63) is 69.5 Å². The lowest BCUT2D eigenvalue weighted by Crippen LogP contribution is -2.46. The summed E-state index contributed by atoms with van der Waals surface area (Å²) < 4.78 is 0. The summed E-state index contributed by atoms with van der Waals surface area (Å²) in [5.74, 6) is -0.923. The van der Waals surface area contributed by atoms with Gasteiger partial charge >= 0.3 is 5.97 Å². The van der Waals surface area contributed by atoms with Gasteiger partial charge in [-0.1, -0.05) is 18.2 Å². The fraction of sp³-hybridized carbons (Fsp3) is 0.400. The molecule has 3 N–H and O–H groups in total. The monoisotopic (exact) mass is 399 g/mol. The maximum Gasteiger partial charge on any atom is 0.321 e. The van der Waals surface area contributed by atoms with Gasteiger partial charge < -0.3 is 15.7 Å². The molecule has 1 unspecified atom stereocenters. The SMILES string of the molecule is O=C(O)C(Cc1ccc([N+](=O)[O-])cc1)N1CCNCCNCc2cccc(n2)C1. The molecule has 1 aromatic carbocycles. The molecular formula is C20H25N5O4. The van der Waals surface area contributed by atoms with Crippen molar-refractivity contribution in [2.24, 2.45) is 0 Å². The standard InChI is InChI=1S/C20H25N5O4/c26-20(27)19(12-15-4-6-18(7-5-15)25(28)29)24-11-10-21-8-9-22-13-16-2-1-3-17(14-24)23-16/h1-7,19,21-22H,8-14H2,(H,26,27). The number of non-ortho nitro benzene ring substituents is 1. The second kappa shape index (κ2) is 10.1. The molecule has 1 aromatic heterocycles. The number of nitro groups is 1. The summed E-state index contributed by atoms with van der Waals surface area (Å²) in [5, 5.41) is 27.4.